The Bertz CT molecular complexity index is 150. The molecule has 4 heteroatoms. The van der Waals surface area contributed by atoms with Crippen LogP contribution in [0.15, 0.2) is 0 Å². The maximum absolute atomic E-state index is 10.6. The summed E-state index contributed by atoms with van der Waals surface area (Å²) in [5.74, 6) is -0.352. The van der Waals surface area contributed by atoms with Crippen molar-refractivity contribution in [3.63, 3.8) is 0 Å². The zero-order chi connectivity index (χ0) is 8.53. The van der Waals surface area contributed by atoms with Crippen LogP contribution in [-0.4, -0.2) is 24.3 Å². The number of nitriles is 1. The summed E-state index contributed by atoms with van der Waals surface area (Å²) in [6, 6.07) is 1.92. The molecule has 0 spiro atoms. The van der Waals surface area contributed by atoms with Gasteiger partial charge in [-0.05, 0) is 6.42 Å². The van der Waals surface area contributed by atoms with Crippen LogP contribution in [0.3, 0.4) is 0 Å². The number of unbranched alkanes of at least 4 members (excludes halogenated alkanes) is 1. The summed E-state index contributed by atoms with van der Waals surface area (Å²) in [4.78, 5) is 10.6. The van der Waals surface area contributed by atoms with Gasteiger partial charge < -0.3 is 9.84 Å². The number of esters is 1. The molecule has 0 rings (SSSR count). The number of aliphatic hydroxyl groups is 1. The Morgan fingerprint density at radius 2 is 2.36 bits per heavy atom. The highest BCUT2D eigenvalue weighted by Crippen LogP contribution is 1.95. The van der Waals surface area contributed by atoms with Crippen LogP contribution >= 0.6 is 0 Å². The van der Waals surface area contributed by atoms with Crippen molar-refractivity contribution in [3.05, 3.63) is 0 Å². The predicted octanol–water partition coefficient (Wildman–Crippen LogP) is 0.216. The second-order valence-corrected chi connectivity index (χ2v) is 1.96. The summed E-state index contributed by atoms with van der Waals surface area (Å²) >= 11 is 0. The lowest BCUT2D eigenvalue weighted by Crippen LogP contribution is -2.07. The fourth-order valence-corrected chi connectivity index (χ4v) is 0.543. The minimum atomic E-state index is -0.352. The summed E-state index contributed by atoms with van der Waals surface area (Å²) in [6.45, 7) is -0.102. The van der Waals surface area contributed by atoms with E-state index in [1.807, 2.05) is 6.07 Å². The molecule has 0 heterocycles. The van der Waals surface area contributed by atoms with E-state index in [2.05, 4.69) is 4.74 Å². The SMILES string of the molecule is N#CCCCC(=O)OCCO. The molecule has 11 heavy (non-hydrogen) atoms. The minimum absolute atomic E-state index is 0.0470. The van der Waals surface area contributed by atoms with E-state index >= 15 is 0 Å². The second-order valence-electron chi connectivity index (χ2n) is 1.96. The Kier molecular flexibility index (Phi) is 6.34. The average molecular weight is 157 g/mol. The lowest BCUT2D eigenvalue weighted by molar-refractivity contribution is -0.144. The monoisotopic (exact) mass is 157 g/mol. The van der Waals surface area contributed by atoms with Crippen LogP contribution in [0.2, 0.25) is 0 Å². The molecule has 0 aromatic rings. The van der Waals surface area contributed by atoms with Gasteiger partial charge in [0.05, 0.1) is 12.7 Å². The molecule has 0 aromatic carbocycles. The number of aliphatic hydroxyl groups excluding tert-OH is 1. The van der Waals surface area contributed by atoms with Crippen molar-refractivity contribution in [3.8, 4) is 6.07 Å². The maximum Gasteiger partial charge on any atom is 0.305 e. The molecule has 0 atom stereocenters. The van der Waals surface area contributed by atoms with E-state index in [-0.39, 0.29) is 25.6 Å². The number of nitrogens with zero attached hydrogens (tertiary/aromatic N) is 1. The first kappa shape index (κ1) is 9.92. The van der Waals surface area contributed by atoms with Crippen molar-refractivity contribution >= 4 is 5.97 Å². The van der Waals surface area contributed by atoms with E-state index in [0.717, 1.165) is 0 Å². The molecule has 0 bridgehead atoms. The number of carbonyl (C=O) groups is 1. The van der Waals surface area contributed by atoms with Gasteiger partial charge in [0.15, 0.2) is 0 Å². The van der Waals surface area contributed by atoms with Crippen LogP contribution < -0.4 is 0 Å². The highest BCUT2D eigenvalue weighted by Gasteiger charge is 2.00. The predicted molar refractivity (Wildman–Crippen MR) is 37.5 cm³/mol. The molecule has 0 unspecified atom stereocenters. The second kappa shape index (κ2) is 7.03. The first-order valence-electron chi connectivity index (χ1n) is 3.44. The Morgan fingerprint density at radius 3 is 2.91 bits per heavy atom. The van der Waals surface area contributed by atoms with Crippen molar-refractivity contribution in [1.29, 1.82) is 5.26 Å². The molecular formula is C7H11NO3. The summed E-state index contributed by atoms with van der Waals surface area (Å²) in [6.07, 6.45) is 1.16. The molecule has 62 valence electrons. The van der Waals surface area contributed by atoms with Crippen LogP contribution in [0.4, 0.5) is 0 Å². The van der Waals surface area contributed by atoms with Gasteiger partial charge in [-0.1, -0.05) is 0 Å². The van der Waals surface area contributed by atoms with E-state index in [0.29, 0.717) is 12.8 Å². The van der Waals surface area contributed by atoms with Gasteiger partial charge in [0.1, 0.15) is 6.61 Å². The van der Waals surface area contributed by atoms with Gasteiger partial charge in [0, 0.05) is 12.8 Å². The zero-order valence-corrected chi connectivity index (χ0v) is 6.25. The van der Waals surface area contributed by atoms with Crippen LogP contribution in [0.1, 0.15) is 19.3 Å². The molecule has 0 saturated heterocycles. The number of hydrogen-bond donors (Lipinski definition) is 1. The largest absolute Gasteiger partial charge is 0.463 e. The van der Waals surface area contributed by atoms with Gasteiger partial charge in [-0.15, -0.1) is 0 Å². The third-order valence-corrected chi connectivity index (χ3v) is 1.02. The summed E-state index contributed by atoms with van der Waals surface area (Å²) < 4.78 is 4.54. The Balaban J connectivity index is 3.17. The number of rotatable bonds is 5. The van der Waals surface area contributed by atoms with Crippen molar-refractivity contribution < 1.29 is 14.6 Å². The van der Waals surface area contributed by atoms with E-state index in [4.69, 9.17) is 10.4 Å². The zero-order valence-electron chi connectivity index (χ0n) is 6.25. The summed E-state index contributed by atoms with van der Waals surface area (Å²) in [5, 5.41) is 16.4. The van der Waals surface area contributed by atoms with Crippen molar-refractivity contribution in [2.24, 2.45) is 0 Å². The number of ether oxygens (including phenoxy) is 1. The van der Waals surface area contributed by atoms with Crippen molar-refractivity contribution in [2.75, 3.05) is 13.2 Å². The van der Waals surface area contributed by atoms with E-state index in [1.165, 1.54) is 0 Å². The fourth-order valence-electron chi connectivity index (χ4n) is 0.543. The third kappa shape index (κ3) is 6.81. The summed E-state index contributed by atoms with van der Waals surface area (Å²) in [5.41, 5.74) is 0. The topological polar surface area (TPSA) is 70.3 Å². The minimum Gasteiger partial charge on any atom is -0.463 e. The van der Waals surface area contributed by atoms with Crippen LogP contribution in [-0.2, 0) is 9.53 Å². The molecule has 4 nitrogen and oxygen atoms in total. The van der Waals surface area contributed by atoms with Gasteiger partial charge in [-0.3, -0.25) is 4.79 Å². The standard InChI is InChI=1S/C7H11NO3/c8-4-2-1-3-7(10)11-6-5-9/h9H,1-3,5-6H2. The quantitative estimate of drug-likeness (QED) is 0.457. The van der Waals surface area contributed by atoms with Gasteiger partial charge in [-0.2, -0.15) is 5.26 Å². The maximum atomic E-state index is 10.6. The van der Waals surface area contributed by atoms with Gasteiger partial charge in [0.2, 0.25) is 0 Å². The summed E-state index contributed by atoms with van der Waals surface area (Å²) in [7, 11) is 0. The Labute approximate surface area is 65.4 Å². The van der Waals surface area contributed by atoms with Gasteiger partial charge >= 0.3 is 5.97 Å². The molecule has 0 aromatic heterocycles. The number of carbonyl (C=O) groups excluding carboxylic acids is 1. The van der Waals surface area contributed by atoms with Crippen LogP contribution in [0.5, 0.6) is 0 Å². The molecular weight excluding hydrogens is 146 g/mol. The van der Waals surface area contributed by atoms with Gasteiger partial charge in [0.25, 0.3) is 0 Å². The van der Waals surface area contributed by atoms with Crippen LogP contribution in [0.25, 0.3) is 0 Å². The Morgan fingerprint density at radius 1 is 1.64 bits per heavy atom. The molecule has 0 radical (unpaired) electrons. The van der Waals surface area contributed by atoms with Crippen molar-refractivity contribution in [1.82, 2.24) is 0 Å². The lowest BCUT2D eigenvalue weighted by Gasteiger charge is -1.99. The molecule has 0 fully saturated rings. The molecule has 0 aliphatic heterocycles. The molecule has 0 aliphatic rings. The highest BCUT2D eigenvalue weighted by molar-refractivity contribution is 5.69. The van der Waals surface area contributed by atoms with Crippen molar-refractivity contribution in [2.45, 2.75) is 19.3 Å². The lowest BCUT2D eigenvalue weighted by atomic mass is 10.2. The fraction of sp³-hybridized carbons (Fsp3) is 0.714. The van der Waals surface area contributed by atoms with E-state index < -0.39 is 0 Å². The van der Waals surface area contributed by atoms with Gasteiger partial charge in [-0.25, -0.2) is 0 Å². The first-order valence-corrected chi connectivity index (χ1v) is 3.44. The number of hydrogen-bond acceptors (Lipinski definition) is 4. The first-order chi connectivity index (χ1) is 5.31. The highest BCUT2D eigenvalue weighted by atomic mass is 16.5. The molecule has 0 saturated carbocycles. The smallest absolute Gasteiger partial charge is 0.305 e. The van der Waals surface area contributed by atoms with E-state index in [9.17, 15) is 4.79 Å². The molecule has 0 amide bonds. The van der Waals surface area contributed by atoms with E-state index in [1.54, 1.807) is 0 Å². The normalized spacial score (nSPS) is 8.73. The third-order valence-electron chi connectivity index (χ3n) is 1.02. The average Bonchev–Trinajstić information content (AvgIpc) is 2.01. The van der Waals surface area contributed by atoms with Crippen LogP contribution in [0, 0.1) is 11.3 Å². The molecule has 1 N–H and O–H groups in total. The molecule has 0 aliphatic carbocycles. The Hall–Kier alpha value is -1.08.